The molecule has 0 radical (unpaired) electrons. The standard InChI is InChI=1S/C13H24N4O/c1-4-7-11-16-12(14-3)10(2)13(17-11)15-8-5-6-9-18/h18H,4-9H2,1-3H3,(H2,14,15,16,17). The molecule has 0 fully saturated rings. The summed E-state index contributed by atoms with van der Waals surface area (Å²) in [6, 6.07) is 0. The summed E-state index contributed by atoms with van der Waals surface area (Å²) < 4.78 is 0. The third-order valence-corrected chi connectivity index (χ3v) is 2.78. The first-order valence-electron chi connectivity index (χ1n) is 6.62. The second-order valence-corrected chi connectivity index (χ2v) is 4.32. The largest absolute Gasteiger partial charge is 0.396 e. The molecule has 1 aromatic rings. The molecule has 0 saturated heterocycles. The molecule has 0 saturated carbocycles. The number of anilines is 2. The van der Waals surface area contributed by atoms with Gasteiger partial charge in [-0.3, -0.25) is 0 Å². The first-order valence-corrected chi connectivity index (χ1v) is 6.62. The first-order chi connectivity index (χ1) is 8.72. The Bertz CT molecular complexity index is 368. The number of nitrogens with one attached hydrogen (secondary N) is 2. The molecule has 3 N–H and O–H groups in total. The zero-order valence-corrected chi connectivity index (χ0v) is 11.6. The smallest absolute Gasteiger partial charge is 0.134 e. The number of hydrogen-bond acceptors (Lipinski definition) is 5. The molecule has 0 spiro atoms. The Morgan fingerprint density at radius 3 is 2.50 bits per heavy atom. The van der Waals surface area contributed by atoms with Crippen molar-refractivity contribution in [3.8, 4) is 0 Å². The lowest BCUT2D eigenvalue weighted by Crippen LogP contribution is -2.11. The fraction of sp³-hybridized carbons (Fsp3) is 0.692. The van der Waals surface area contributed by atoms with Crippen LogP contribution in [0.3, 0.4) is 0 Å². The van der Waals surface area contributed by atoms with E-state index < -0.39 is 0 Å². The molecule has 5 heteroatoms. The molecule has 102 valence electrons. The van der Waals surface area contributed by atoms with Crippen LogP contribution in [0.1, 0.15) is 37.6 Å². The summed E-state index contributed by atoms with van der Waals surface area (Å²) in [6.07, 6.45) is 3.69. The van der Waals surface area contributed by atoms with E-state index in [0.29, 0.717) is 0 Å². The highest BCUT2D eigenvalue weighted by Crippen LogP contribution is 2.20. The molecule has 0 atom stereocenters. The molecule has 1 heterocycles. The van der Waals surface area contributed by atoms with E-state index in [9.17, 15) is 0 Å². The van der Waals surface area contributed by atoms with Crippen LogP contribution in [-0.2, 0) is 6.42 Å². The maximum absolute atomic E-state index is 8.75. The highest BCUT2D eigenvalue weighted by atomic mass is 16.2. The molecular formula is C13H24N4O. The average Bonchev–Trinajstić information content (AvgIpc) is 2.38. The van der Waals surface area contributed by atoms with E-state index in [4.69, 9.17) is 5.11 Å². The van der Waals surface area contributed by atoms with E-state index >= 15 is 0 Å². The third kappa shape index (κ3) is 4.14. The molecule has 0 aliphatic rings. The summed E-state index contributed by atoms with van der Waals surface area (Å²) in [7, 11) is 1.88. The Hall–Kier alpha value is -1.36. The van der Waals surface area contributed by atoms with Gasteiger partial charge < -0.3 is 15.7 Å². The van der Waals surface area contributed by atoms with Gasteiger partial charge in [0.25, 0.3) is 0 Å². The van der Waals surface area contributed by atoms with Crippen LogP contribution in [0.25, 0.3) is 0 Å². The van der Waals surface area contributed by atoms with Gasteiger partial charge in [0.2, 0.25) is 0 Å². The van der Waals surface area contributed by atoms with Crippen molar-refractivity contribution in [2.75, 3.05) is 30.8 Å². The van der Waals surface area contributed by atoms with Gasteiger partial charge in [0, 0.05) is 32.2 Å². The second-order valence-electron chi connectivity index (χ2n) is 4.32. The number of rotatable bonds is 8. The molecule has 1 aromatic heterocycles. The lowest BCUT2D eigenvalue weighted by molar-refractivity contribution is 0.286. The monoisotopic (exact) mass is 252 g/mol. The van der Waals surface area contributed by atoms with E-state index in [2.05, 4.69) is 27.5 Å². The zero-order chi connectivity index (χ0) is 13.4. The molecule has 0 aromatic carbocycles. The van der Waals surface area contributed by atoms with Crippen molar-refractivity contribution >= 4 is 11.6 Å². The summed E-state index contributed by atoms with van der Waals surface area (Å²) in [5.74, 6) is 2.66. The molecule has 0 bridgehead atoms. The molecule has 18 heavy (non-hydrogen) atoms. The van der Waals surface area contributed by atoms with E-state index in [0.717, 1.165) is 55.3 Å². The second kappa shape index (κ2) is 7.87. The average molecular weight is 252 g/mol. The fourth-order valence-electron chi connectivity index (χ4n) is 1.76. The Morgan fingerprint density at radius 2 is 1.89 bits per heavy atom. The lowest BCUT2D eigenvalue weighted by atomic mass is 10.2. The first kappa shape index (κ1) is 14.7. The van der Waals surface area contributed by atoms with Gasteiger partial charge in [0.15, 0.2) is 0 Å². The van der Waals surface area contributed by atoms with Crippen molar-refractivity contribution in [1.82, 2.24) is 9.97 Å². The number of aliphatic hydroxyl groups excluding tert-OH is 1. The van der Waals surface area contributed by atoms with Crippen molar-refractivity contribution < 1.29 is 5.11 Å². The van der Waals surface area contributed by atoms with E-state index in [1.165, 1.54) is 0 Å². The molecule has 1 rings (SSSR count). The minimum absolute atomic E-state index is 0.243. The predicted octanol–water partition coefficient (Wildman–Crippen LogP) is 1.96. The molecule has 0 amide bonds. The van der Waals surface area contributed by atoms with Gasteiger partial charge in [-0.05, 0) is 26.2 Å². The van der Waals surface area contributed by atoms with Crippen LogP contribution in [0.5, 0.6) is 0 Å². The van der Waals surface area contributed by atoms with Crippen molar-refractivity contribution in [3.05, 3.63) is 11.4 Å². The fourth-order valence-corrected chi connectivity index (χ4v) is 1.76. The summed E-state index contributed by atoms with van der Waals surface area (Å²) in [5, 5.41) is 15.2. The van der Waals surface area contributed by atoms with Crippen LogP contribution in [0.15, 0.2) is 0 Å². The van der Waals surface area contributed by atoms with Crippen LogP contribution in [0.2, 0.25) is 0 Å². The maximum Gasteiger partial charge on any atom is 0.134 e. The van der Waals surface area contributed by atoms with Crippen LogP contribution in [0.4, 0.5) is 11.6 Å². The number of aromatic nitrogens is 2. The summed E-state index contributed by atoms with van der Waals surface area (Å²) in [4.78, 5) is 9.03. The quantitative estimate of drug-likeness (QED) is 0.617. The molecule has 5 nitrogen and oxygen atoms in total. The number of aliphatic hydroxyl groups is 1. The zero-order valence-electron chi connectivity index (χ0n) is 11.6. The van der Waals surface area contributed by atoms with Gasteiger partial charge >= 0.3 is 0 Å². The highest BCUT2D eigenvalue weighted by molar-refractivity contribution is 5.56. The topological polar surface area (TPSA) is 70.1 Å². The number of aryl methyl sites for hydroxylation is 1. The number of nitrogens with zero attached hydrogens (tertiary/aromatic N) is 2. The van der Waals surface area contributed by atoms with Gasteiger partial charge in [-0.15, -0.1) is 0 Å². The Kier molecular flexibility index (Phi) is 6.43. The Balaban J connectivity index is 2.77. The minimum atomic E-state index is 0.243. The summed E-state index contributed by atoms with van der Waals surface area (Å²) in [6.45, 7) is 5.20. The molecular weight excluding hydrogens is 228 g/mol. The SMILES string of the molecule is CCCc1nc(NC)c(C)c(NCCCCO)n1. The van der Waals surface area contributed by atoms with Crippen molar-refractivity contribution in [2.24, 2.45) is 0 Å². The van der Waals surface area contributed by atoms with Gasteiger partial charge in [-0.1, -0.05) is 6.92 Å². The van der Waals surface area contributed by atoms with Gasteiger partial charge in [-0.25, -0.2) is 9.97 Å². The van der Waals surface area contributed by atoms with Crippen molar-refractivity contribution in [3.63, 3.8) is 0 Å². The summed E-state index contributed by atoms with van der Waals surface area (Å²) >= 11 is 0. The minimum Gasteiger partial charge on any atom is -0.396 e. The number of unbranched alkanes of at least 4 members (excludes halogenated alkanes) is 1. The van der Waals surface area contributed by atoms with Gasteiger partial charge in [0.05, 0.1) is 0 Å². The van der Waals surface area contributed by atoms with E-state index in [1.54, 1.807) is 0 Å². The van der Waals surface area contributed by atoms with Gasteiger partial charge in [0.1, 0.15) is 17.5 Å². The third-order valence-electron chi connectivity index (χ3n) is 2.78. The Morgan fingerprint density at radius 1 is 1.17 bits per heavy atom. The van der Waals surface area contributed by atoms with Crippen LogP contribution in [-0.4, -0.2) is 35.3 Å². The van der Waals surface area contributed by atoms with Gasteiger partial charge in [-0.2, -0.15) is 0 Å². The number of hydrogen-bond donors (Lipinski definition) is 3. The molecule has 0 unspecified atom stereocenters. The molecule has 0 aliphatic heterocycles. The van der Waals surface area contributed by atoms with Crippen LogP contribution >= 0.6 is 0 Å². The normalized spacial score (nSPS) is 10.4. The lowest BCUT2D eigenvalue weighted by Gasteiger charge is -2.13. The van der Waals surface area contributed by atoms with Crippen LogP contribution < -0.4 is 10.6 Å². The van der Waals surface area contributed by atoms with Crippen molar-refractivity contribution in [1.29, 1.82) is 0 Å². The van der Waals surface area contributed by atoms with E-state index in [-0.39, 0.29) is 6.61 Å². The van der Waals surface area contributed by atoms with Crippen molar-refractivity contribution in [2.45, 2.75) is 39.5 Å². The predicted molar refractivity (Wildman–Crippen MR) is 75.1 cm³/mol. The van der Waals surface area contributed by atoms with E-state index in [1.807, 2.05) is 14.0 Å². The van der Waals surface area contributed by atoms with Crippen LogP contribution in [0, 0.1) is 6.92 Å². The highest BCUT2D eigenvalue weighted by Gasteiger charge is 2.08. The molecule has 0 aliphatic carbocycles. The summed E-state index contributed by atoms with van der Waals surface area (Å²) in [5.41, 5.74) is 1.04. The Labute approximate surface area is 109 Å². The maximum atomic E-state index is 8.75.